The number of ether oxygens (including phenoxy) is 4. The molecule has 12 nitrogen and oxygen atoms in total. The number of hydrogen-bond donors (Lipinski definition) is 5. The number of aliphatic hydroxyl groups excluding tert-OH is 1. The Bertz CT molecular complexity index is 1990. The van der Waals surface area contributed by atoms with Gasteiger partial charge in [-0.15, -0.1) is 0 Å². The van der Waals surface area contributed by atoms with Crippen molar-refractivity contribution in [1.29, 1.82) is 0 Å². The first-order valence-corrected chi connectivity index (χ1v) is 15.4. The van der Waals surface area contributed by atoms with Gasteiger partial charge < -0.3 is 45.7 Å². The van der Waals surface area contributed by atoms with E-state index < -0.39 is 11.9 Å². The van der Waals surface area contributed by atoms with Crippen LogP contribution < -0.4 is 40.6 Å². The van der Waals surface area contributed by atoms with Gasteiger partial charge in [0.2, 0.25) is 5.91 Å². The molecule has 0 aliphatic heterocycles. The topological polar surface area (TPSA) is 166 Å². The van der Waals surface area contributed by atoms with Crippen LogP contribution in [0.5, 0.6) is 28.7 Å². The van der Waals surface area contributed by atoms with Crippen molar-refractivity contribution in [3.05, 3.63) is 96.2 Å². The predicted octanol–water partition coefficient (Wildman–Crippen LogP) is 7.20. The summed E-state index contributed by atoms with van der Waals surface area (Å²) in [6, 6.07) is 22.6. The van der Waals surface area contributed by atoms with Crippen LogP contribution in [-0.4, -0.2) is 49.5 Å². The molecule has 0 saturated carbocycles. The average molecular weight is 666 g/mol. The number of rotatable bonds is 12. The molecular weight excluding hydrogens is 626 g/mol. The summed E-state index contributed by atoms with van der Waals surface area (Å²) in [6.45, 7) is 6.06. The van der Waals surface area contributed by atoms with Crippen LogP contribution >= 0.6 is 0 Å². The van der Waals surface area contributed by atoms with Gasteiger partial charge in [-0.05, 0) is 53.4 Å². The summed E-state index contributed by atoms with van der Waals surface area (Å²) < 4.78 is 22.9. The molecule has 5 rings (SSSR count). The Balaban J connectivity index is 1.38. The summed E-state index contributed by atoms with van der Waals surface area (Å²) in [5.41, 5.74) is 7.97. The van der Waals surface area contributed by atoms with Gasteiger partial charge in [-0.3, -0.25) is 4.79 Å². The minimum absolute atomic E-state index is 0.0768. The molecule has 0 atom stereocenters. The number of aliphatic hydroxyl groups is 1. The highest BCUT2D eigenvalue weighted by Gasteiger charge is 2.22. The lowest BCUT2D eigenvalue weighted by atomic mass is 9.86. The second-order valence-electron chi connectivity index (χ2n) is 12.0. The number of nitrogens with zero attached hydrogens (tertiary/aromatic N) is 1. The highest BCUT2D eigenvalue weighted by molar-refractivity contribution is 6.08. The van der Waals surface area contributed by atoms with Crippen LogP contribution in [0.2, 0.25) is 0 Å². The van der Waals surface area contributed by atoms with Crippen molar-refractivity contribution in [2.75, 3.05) is 43.4 Å². The van der Waals surface area contributed by atoms with Crippen LogP contribution in [0.15, 0.2) is 85.1 Å². The average Bonchev–Trinajstić information content (AvgIpc) is 3.07. The van der Waals surface area contributed by atoms with Crippen LogP contribution in [0.4, 0.5) is 27.7 Å². The zero-order chi connectivity index (χ0) is 35.1. The molecular formula is C37H39N5O7. The summed E-state index contributed by atoms with van der Waals surface area (Å²) in [5, 5.41) is 19.8. The molecule has 0 spiro atoms. The second-order valence-corrected chi connectivity index (χ2v) is 12.0. The number of urea groups is 1. The van der Waals surface area contributed by atoms with Gasteiger partial charge in [0.1, 0.15) is 29.7 Å². The normalized spacial score (nSPS) is 11.1. The zero-order valence-corrected chi connectivity index (χ0v) is 27.9. The van der Waals surface area contributed by atoms with Gasteiger partial charge in [0.25, 0.3) is 0 Å². The first kappa shape index (κ1) is 34.3. The third-order valence-corrected chi connectivity index (χ3v) is 7.51. The predicted molar refractivity (Wildman–Crippen MR) is 190 cm³/mol. The van der Waals surface area contributed by atoms with Crippen molar-refractivity contribution in [3.8, 4) is 28.7 Å². The van der Waals surface area contributed by atoms with Gasteiger partial charge in [0.15, 0.2) is 11.5 Å². The molecule has 0 aliphatic rings. The Morgan fingerprint density at radius 3 is 2.29 bits per heavy atom. The van der Waals surface area contributed by atoms with E-state index in [-0.39, 0.29) is 24.2 Å². The van der Waals surface area contributed by atoms with E-state index in [0.717, 1.165) is 16.3 Å². The molecule has 0 radical (unpaired) electrons. The number of methoxy groups -OCH3 is 2. The fourth-order valence-corrected chi connectivity index (χ4v) is 5.10. The number of amides is 3. The number of fused-ring (bicyclic) bond motifs is 1. The molecule has 49 heavy (non-hydrogen) atoms. The van der Waals surface area contributed by atoms with Gasteiger partial charge >= 0.3 is 6.03 Å². The van der Waals surface area contributed by atoms with E-state index in [2.05, 4.69) is 41.7 Å². The quantitative estimate of drug-likeness (QED) is 0.0926. The fraction of sp³-hybridized carbons (Fsp3) is 0.216. The maximum atomic E-state index is 13.4. The van der Waals surface area contributed by atoms with Gasteiger partial charge in [-0.25, -0.2) is 9.78 Å². The minimum atomic E-state index is -0.582. The van der Waals surface area contributed by atoms with Crippen LogP contribution in [0, 0.1) is 0 Å². The SMILES string of the molecule is COc1cc(Nc2cc(Oc3ccc(NC(=O)Nc4cc(C(C)(C)C)cc(OCCO)c4OC)c4ccccc34)ccn2)cc(C(N)=O)c1. The third kappa shape index (κ3) is 8.29. The molecule has 1 aromatic heterocycles. The fourth-order valence-electron chi connectivity index (χ4n) is 5.10. The Labute approximate surface area is 284 Å². The molecule has 12 heteroatoms. The smallest absolute Gasteiger partial charge is 0.323 e. The van der Waals surface area contributed by atoms with E-state index in [4.69, 9.17) is 24.7 Å². The summed E-state index contributed by atoms with van der Waals surface area (Å²) in [5.74, 6) is 2.17. The van der Waals surface area contributed by atoms with Gasteiger partial charge in [-0.1, -0.05) is 45.0 Å². The van der Waals surface area contributed by atoms with Crippen LogP contribution in [0.3, 0.4) is 0 Å². The molecule has 4 aromatic carbocycles. The number of pyridine rings is 1. The number of nitrogens with two attached hydrogens (primary N) is 1. The number of hydrogen-bond acceptors (Lipinski definition) is 9. The summed E-state index contributed by atoms with van der Waals surface area (Å²) in [7, 11) is 3.00. The zero-order valence-electron chi connectivity index (χ0n) is 27.9. The van der Waals surface area contributed by atoms with Crippen LogP contribution in [-0.2, 0) is 5.41 Å². The Morgan fingerprint density at radius 2 is 1.59 bits per heavy atom. The van der Waals surface area contributed by atoms with Gasteiger partial charge in [-0.2, -0.15) is 0 Å². The summed E-state index contributed by atoms with van der Waals surface area (Å²) in [6.07, 6.45) is 1.60. The van der Waals surface area contributed by atoms with E-state index in [1.54, 1.807) is 48.7 Å². The first-order valence-electron chi connectivity index (χ1n) is 15.4. The number of primary amides is 1. The Hall–Kier alpha value is -6.01. The standard InChI is InChI=1S/C37H39N5O7/c1-37(2,3)23-18-30(34(47-5)32(19-23)48-15-14-43)42-36(45)41-29-10-11-31(28-9-7-6-8-27(28)29)49-25-12-13-39-33(21-25)40-24-16-22(35(38)44)17-26(20-24)46-4/h6-13,16-21,43H,14-15H2,1-5H3,(H2,38,44)(H,39,40)(H2,41,42,45). The van der Waals surface area contributed by atoms with Crippen molar-refractivity contribution in [3.63, 3.8) is 0 Å². The molecule has 0 fully saturated rings. The lowest BCUT2D eigenvalue weighted by Gasteiger charge is -2.23. The first-order chi connectivity index (χ1) is 23.5. The molecule has 0 bridgehead atoms. The summed E-state index contributed by atoms with van der Waals surface area (Å²) >= 11 is 0. The maximum absolute atomic E-state index is 13.4. The molecule has 6 N–H and O–H groups in total. The van der Waals surface area contributed by atoms with E-state index in [1.807, 2.05) is 36.4 Å². The third-order valence-electron chi connectivity index (χ3n) is 7.51. The largest absolute Gasteiger partial charge is 0.497 e. The summed E-state index contributed by atoms with van der Waals surface area (Å²) in [4.78, 5) is 29.6. The number of carbonyl (C=O) groups excluding carboxylic acids is 2. The van der Waals surface area contributed by atoms with E-state index >= 15 is 0 Å². The van der Waals surface area contributed by atoms with Crippen molar-refractivity contribution >= 4 is 45.6 Å². The van der Waals surface area contributed by atoms with Crippen molar-refractivity contribution in [2.45, 2.75) is 26.2 Å². The minimum Gasteiger partial charge on any atom is -0.497 e. The van der Waals surface area contributed by atoms with Gasteiger partial charge in [0.05, 0.1) is 32.2 Å². The molecule has 1 heterocycles. The van der Waals surface area contributed by atoms with Crippen molar-refractivity contribution in [2.24, 2.45) is 5.73 Å². The molecule has 254 valence electrons. The highest BCUT2D eigenvalue weighted by Crippen LogP contribution is 2.41. The molecule has 0 aliphatic carbocycles. The van der Waals surface area contributed by atoms with Crippen LogP contribution in [0.25, 0.3) is 10.8 Å². The lowest BCUT2D eigenvalue weighted by molar-refractivity contribution is 0.1000. The van der Waals surface area contributed by atoms with Crippen LogP contribution in [0.1, 0.15) is 36.7 Å². The monoisotopic (exact) mass is 665 g/mol. The number of benzene rings is 4. The lowest BCUT2D eigenvalue weighted by Crippen LogP contribution is -2.21. The number of anilines is 4. The van der Waals surface area contributed by atoms with Gasteiger partial charge in [0, 0.05) is 40.4 Å². The molecule has 3 amide bonds. The Kier molecular flexibility index (Phi) is 10.4. The number of carbonyl (C=O) groups is 2. The van der Waals surface area contributed by atoms with E-state index in [0.29, 0.717) is 51.6 Å². The van der Waals surface area contributed by atoms with Crippen molar-refractivity contribution < 1.29 is 33.6 Å². The molecule has 0 saturated heterocycles. The highest BCUT2D eigenvalue weighted by atomic mass is 16.5. The van der Waals surface area contributed by atoms with E-state index in [1.165, 1.54) is 14.2 Å². The number of aromatic nitrogens is 1. The second kappa shape index (κ2) is 14.8. The Morgan fingerprint density at radius 1 is 0.837 bits per heavy atom. The van der Waals surface area contributed by atoms with E-state index in [9.17, 15) is 14.7 Å². The maximum Gasteiger partial charge on any atom is 0.323 e. The molecule has 5 aromatic rings. The van der Waals surface area contributed by atoms with Crippen molar-refractivity contribution in [1.82, 2.24) is 4.98 Å². The molecule has 0 unspecified atom stereocenters. The number of nitrogens with one attached hydrogen (secondary N) is 3.